The third-order valence-electron chi connectivity index (χ3n) is 3.90. The van der Waals surface area contributed by atoms with E-state index in [1.54, 1.807) is 0 Å². The standard InChI is InChI=1S/C18H29Cl2N/c1-3-5-6-7-8-9-10-14-17(21-4-2)18-15(19)12-11-13-16(18)20/h11-13,17,21H,3-10,14H2,1-2H3. The van der Waals surface area contributed by atoms with E-state index in [0.29, 0.717) is 0 Å². The van der Waals surface area contributed by atoms with Gasteiger partial charge in [0.25, 0.3) is 0 Å². The van der Waals surface area contributed by atoms with Crippen molar-refractivity contribution in [3.8, 4) is 0 Å². The summed E-state index contributed by atoms with van der Waals surface area (Å²) >= 11 is 12.7. The highest BCUT2D eigenvalue weighted by atomic mass is 35.5. The Morgan fingerprint density at radius 3 is 2.05 bits per heavy atom. The second kappa shape index (κ2) is 11.3. The Kier molecular flexibility index (Phi) is 10.2. The average molecular weight is 330 g/mol. The first-order chi connectivity index (χ1) is 10.2. The van der Waals surface area contributed by atoms with E-state index in [1.165, 1.54) is 44.9 Å². The normalized spacial score (nSPS) is 12.6. The van der Waals surface area contributed by atoms with Crippen LogP contribution in [0, 0.1) is 0 Å². The van der Waals surface area contributed by atoms with E-state index in [9.17, 15) is 0 Å². The molecule has 120 valence electrons. The second-order valence-corrected chi connectivity index (χ2v) is 6.47. The van der Waals surface area contributed by atoms with Gasteiger partial charge in [-0.05, 0) is 25.1 Å². The minimum atomic E-state index is 0.270. The molecule has 0 bridgehead atoms. The molecule has 1 atom stereocenters. The summed E-state index contributed by atoms with van der Waals surface area (Å²) < 4.78 is 0. The lowest BCUT2D eigenvalue weighted by Crippen LogP contribution is -2.21. The summed E-state index contributed by atoms with van der Waals surface area (Å²) in [7, 11) is 0. The van der Waals surface area contributed by atoms with Crippen molar-refractivity contribution < 1.29 is 0 Å². The molecular formula is C18H29Cl2N. The monoisotopic (exact) mass is 329 g/mol. The van der Waals surface area contributed by atoms with Gasteiger partial charge in [-0.3, -0.25) is 0 Å². The molecule has 0 radical (unpaired) electrons. The summed E-state index contributed by atoms with van der Waals surface area (Å²) in [5.74, 6) is 0. The van der Waals surface area contributed by atoms with Gasteiger partial charge in [0.1, 0.15) is 0 Å². The molecule has 1 rings (SSSR count). The molecule has 0 amide bonds. The molecule has 0 aliphatic carbocycles. The van der Waals surface area contributed by atoms with Crippen molar-refractivity contribution >= 4 is 23.2 Å². The summed E-state index contributed by atoms with van der Waals surface area (Å²) in [6.45, 7) is 5.32. The van der Waals surface area contributed by atoms with E-state index in [0.717, 1.165) is 28.6 Å². The van der Waals surface area contributed by atoms with Gasteiger partial charge in [-0.2, -0.15) is 0 Å². The Hall–Kier alpha value is -0.240. The molecule has 1 aromatic rings. The zero-order chi connectivity index (χ0) is 15.5. The van der Waals surface area contributed by atoms with Gasteiger partial charge in [-0.25, -0.2) is 0 Å². The molecule has 21 heavy (non-hydrogen) atoms. The first-order valence-corrected chi connectivity index (χ1v) is 9.13. The summed E-state index contributed by atoms with van der Waals surface area (Å²) in [5, 5.41) is 5.07. The highest BCUT2D eigenvalue weighted by Crippen LogP contribution is 2.33. The molecule has 0 saturated carbocycles. The number of nitrogens with one attached hydrogen (secondary N) is 1. The van der Waals surface area contributed by atoms with Crippen LogP contribution in [0.1, 0.15) is 76.8 Å². The lowest BCUT2D eigenvalue weighted by Gasteiger charge is -2.21. The van der Waals surface area contributed by atoms with Crippen LogP contribution in [0.2, 0.25) is 10.0 Å². The van der Waals surface area contributed by atoms with Gasteiger partial charge in [0.2, 0.25) is 0 Å². The minimum absolute atomic E-state index is 0.270. The largest absolute Gasteiger partial charge is 0.310 e. The van der Waals surface area contributed by atoms with Gasteiger partial charge in [-0.1, -0.05) is 88.1 Å². The smallest absolute Gasteiger partial charge is 0.0468 e. The van der Waals surface area contributed by atoms with Crippen molar-refractivity contribution in [3.05, 3.63) is 33.8 Å². The number of hydrogen-bond donors (Lipinski definition) is 1. The summed E-state index contributed by atoms with van der Waals surface area (Å²) in [6.07, 6.45) is 10.4. The zero-order valence-corrected chi connectivity index (χ0v) is 14.9. The number of rotatable bonds is 11. The third-order valence-corrected chi connectivity index (χ3v) is 4.55. The molecule has 1 nitrogen and oxygen atoms in total. The SMILES string of the molecule is CCCCCCCCCC(NCC)c1c(Cl)cccc1Cl. The first-order valence-electron chi connectivity index (χ1n) is 8.38. The van der Waals surface area contributed by atoms with Gasteiger partial charge in [0, 0.05) is 21.7 Å². The van der Waals surface area contributed by atoms with Gasteiger partial charge in [-0.15, -0.1) is 0 Å². The Balaban J connectivity index is 2.43. The van der Waals surface area contributed by atoms with Gasteiger partial charge < -0.3 is 5.32 Å². The van der Waals surface area contributed by atoms with Crippen molar-refractivity contribution in [2.45, 2.75) is 71.3 Å². The molecule has 0 fully saturated rings. The van der Waals surface area contributed by atoms with Gasteiger partial charge >= 0.3 is 0 Å². The maximum absolute atomic E-state index is 6.33. The zero-order valence-electron chi connectivity index (χ0n) is 13.4. The van der Waals surface area contributed by atoms with Crippen LogP contribution in [-0.2, 0) is 0 Å². The molecule has 0 aliphatic rings. The number of unbranched alkanes of at least 4 members (excludes halogenated alkanes) is 6. The lowest BCUT2D eigenvalue weighted by molar-refractivity contribution is 0.476. The van der Waals surface area contributed by atoms with Crippen LogP contribution >= 0.6 is 23.2 Å². The van der Waals surface area contributed by atoms with Crippen molar-refractivity contribution in [1.82, 2.24) is 5.32 Å². The fourth-order valence-electron chi connectivity index (χ4n) is 2.74. The molecule has 3 heteroatoms. The number of benzene rings is 1. The Morgan fingerprint density at radius 2 is 1.48 bits per heavy atom. The second-order valence-electron chi connectivity index (χ2n) is 5.66. The first kappa shape index (κ1) is 18.8. The Labute approximate surface area is 140 Å². The predicted molar refractivity (Wildman–Crippen MR) is 95.5 cm³/mol. The molecule has 0 heterocycles. The van der Waals surface area contributed by atoms with Crippen LogP contribution in [0.5, 0.6) is 0 Å². The van der Waals surface area contributed by atoms with Gasteiger partial charge in [0.05, 0.1) is 0 Å². The molecule has 0 aliphatic heterocycles. The predicted octanol–water partition coefficient (Wildman–Crippen LogP) is 6.78. The van der Waals surface area contributed by atoms with Crippen molar-refractivity contribution in [2.75, 3.05) is 6.54 Å². The molecule has 0 saturated heterocycles. The Bertz CT molecular complexity index is 373. The van der Waals surface area contributed by atoms with Crippen LogP contribution in [0.4, 0.5) is 0 Å². The molecule has 0 aromatic heterocycles. The van der Waals surface area contributed by atoms with E-state index in [1.807, 2.05) is 18.2 Å². The van der Waals surface area contributed by atoms with Crippen LogP contribution < -0.4 is 5.32 Å². The van der Waals surface area contributed by atoms with Crippen molar-refractivity contribution in [2.24, 2.45) is 0 Å². The maximum atomic E-state index is 6.33. The highest BCUT2D eigenvalue weighted by Gasteiger charge is 2.16. The van der Waals surface area contributed by atoms with Crippen molar-refractivity contribution in [3.63, 3.8) is 0 Å². The quantitative estimate of drug-likeness (QED) is 0.441. The highest BCUT2D eigenvalue weighted by molar-refractivity contribution is 6.36. The van der Waals surface area contributed by atoms with Crippen molar-refractivity contribution in [1.29, 1.82) is 0 Å². The summed E-state index contributed by atoms with van der Waals surface area (Å²) in [4.78, 5) is 0. The van der Waals surface area contributed by atoms with Gasteiger partial charge in [0.15, 0.2) is 0 Å². The van der Waals surface area contributed by atoms with Crippen LogP contribution in [0.3, 0.4) is 0 Å². The van der Waals surface area contributed by atoms with E-state index in [-0.39, 0.29) is 6.04 Å². The lowest BCUT2D eigenvalue weighted by atomic mass is 9.99. The molecule has 1 aromatic carbocycles. The molecule has 1 unspecified atom stereocenters. The maximum Gasteiger partial charge on any atom is 0.0468 e. The molecular weight excluding hydrogens is 301 g/mol. The van der Waals surface area contributed by atoms with Crippen LogP contribution in [0.25, 0.3) is 0 Å². The average Bonchev–Trinajstić information content (AvgIpc) is 2.46. The van der Waals surface area contributed by atoms with E-state index in [2.05, 4.69) is 19.2 Å². The molecule has 1 N–H and O–H groups in total. The third kappa shape index (κ3) is 7.04. The fraction of sp³-hybridized carbons (Fsp3) is 0.667. The summed E-state index contributed by atoms with van der Waals surface area (Å²) in [5.41, 5.74) is 1.06. The topological polar surface area (TPSA) is 12.0 Å². The fourth-order valence-corrected chi connectivity index (χ4v) is 3.40. The van der Waals surface area contributed by atoms with E-state index >= 15 is 0 Å². The Morgan fingerprint density at radius 1 is 0.905 bits per heavy atom. The van der Waals surface area contributed by atoms with E-state index in [4.69, 9.17) is 23.2 Å². The number of hydrogen-bond acceptors (Lipinski definition) is 1. The number of halogens is 2. The summed E-state index contributed by atoms with van der Waals surface area (Å²) in [6, 6.07) is 6.03. The van der Waals surface area contributed by atoms with Crippen LogP contribution in [0.15, 0.2) is 18.2 Å². The molecule has 0 spiro atoms. The van der Waals surface area contributed by atoms with E-state index < -0.39 is 0 Å². The van der Waals surface area contributed by atoms with Crippen LogP contribution in [-0.4, -0.2) is 6.54 Å². The minimum Gasteiger partial charge on any atom is -0.310 e.